The molecule has 1 aliphatic rings. The van der Waals surface area contributed by atoms with E-state index < -0.39 is 35.9 Å². The summed E-state index contributed by atoms with van der Waals surface area (Å²) in [6, 6.07) is 3.97. The number of nitrogens with one attached hydrogen (secondary N) is 1. The van der Waals surface area contributed by atoms with Crippen LogP contribution in [0, 0.1) is 10.8 Å². The number of azide groups is 1. The molecular weight excluding hydrogens is 292 g/mol. The third-order valence-corrected chi connectivity index (χ3v) is 3.94. The number of hydrogen-bond acceptors (Lipinski definition) is 3. The van der Waals surface area contributed by atoms with Crippen molar-refractivity contribution in [2.24, 2.45) is 15.9 Å². The van der Waals surface area contributed by atoms with Crippen LogP contribution in [0.1, 0.15) is 60.9 Å². The van der Waals surface area contributed by atoms with Crippen LogP contribution in [0.15, 0.2) is 23.3 Å². The van der Waals surface area contributed by atoms with Crippen molar-refractivity contribution in [3.63, 3.8) is 0 Å². The molecule has 1 fully saturated rings. The third kappa shape index (κ3) is 4.39. The lowest BCUT2D eigenvalue weighted by atomic mass is 9.64. The summed E-state index contributed by atoms with van der Waals surface area (Å²) in [5.74, 6) is -0.779. The third-order valence-electron chi connectivity index (χ3n) is 3.94. The van der Waals surface area contributed by atoms with Gasteiger partial charge in [0.05, 0.1) is 5.56 Å². The number of carbonyl (C=O) groups is 1. The lowest BCUT2D eigenvalue weighted by Gasteiger charge is -2.43. The van der Waals surface area contributed by atoms with Crippen LogP contribution in [0.25, 0.3) is 10.4 Å². The summed E-state index contributed by atoms with van der Waals surface area (Å²) in [5.41, 5.74) is 7.58. The Hall–Kier alpha value is -2.20. The molecule has 4 atom stereocenters. The van der Waals surface area contributed by atoms with Gasteiger partial charge >= 0.3 is 0 Å². The van der Waals surface area contributed by atoms with Crippen LogP contribution in [-0.4, -0.2) is 17.6 Å². The predicted octanol–water partition coefficient (Wildman–Crippen LogP) is 4.67. The van der Waals surface area contributed by atoms with Crippen LogP contribution < -0.4 is 5.32 Å². The van der Waals surface area contributed by atoms with Crippen LogP contribution in [0.4, 0.5) is 5.69 Å². The first-order valence-electron chi connectivity index (χ1n) is 9.18. The summed E-state index contributed by atoms with van der Waals surface area (Å²) in [6.45, 7) is 5.81. The fourth-order valence-corrected chi connectivity index (χ4v) is 3.02. The van der Waals surface area contributed by atoms with Crippen LogP contribution in [0.5, 0.6) is 5.75 Å². The summed E-state index contributed by atoms with van der Waals surface area (Å²) >= 11 is 0. The van der Waals surface area contributed by atoms with Gasteiger partial charge in [-0.2, -0.15) is 0 Å². The molecule has 1 saturated carbocycles. The highest BCUT2D eigenvalue weighted by Gasteiger charge is 2.36. The molecule has 0 aliphatic heterocycles. The van der Waals surface area contributed by atoms with Crippen molar-refractivity contribution in [1.82, 2.24) is 5.32 Å². The van der Waals surface area contributed by atoms with E-state index in [1.54, 1.807) is 0 Å². The lowest BCUT2D eigenvalue weighted by molar-refractivity contribution is 0.0803. The summed E-state index contributed by atoms with van der Waals surface area (Å²) in [5, 5.41) is 16.0. The molecule has 6 heteroatoms. The maximum atomic E-state index is 12.5. The highest BCUT2D eigenvalue weighted by Crippen LogP contribution is 2.45. The number of rotatable bonds is 4. The standard InChI is InChI=1S/C17H24N4O2/c1-16(2)7-4-8-17(3,10-16)11-19-15(23)13-9-12(20-21-18)5-6-14(13)22/h5-6,9,22H,4,7-8,10-11H2,1-3H3,(H,19,23)/i4T,7T,8T. The van der Waals surface area contributed by atoms with Crippen LogP contribution >= 0.6 is 0 Å². The number of hydrogen-bond donors (Lipinski definition) is 2. The molecule has 2 N–H and O–H groups in total. The molecule has 0 radical (unpaired) electrons. The average Bonchev–Trinajstić information content (AvgIpc) is 2.58. The van der Waals surface area contributed by atoms with E-state index in [-0.39, 0.29) is 23.5 Å². The van der Waals surface area contributed by atoms with E-state index >= 15 is 0 Å². The smallest absolute Gasteiger partial charge is 0.255 e. The van der Waals surface area contributed by atoms with Gasteiger partial charge in [-0.3, -0.25) is 4.79 Å². The van der Waals surface area contributed by atoms with Gasteiger partial charge in [0.15, 0.2) is 0 Å². The zero-order chi connectivity index (χ0) is 19.7. The van der Waals surface area contributed by atoms with Gasteiger partial charge < -0.3 is 10.4 Å². The van der Waals surface area contributed by atoms with Gasteiger partial charge in [-0.1, -0.05) is 32.3 Å². The second-order valence-corrected chi connectivity index (χ2v) is 6.92. The zero-order valence-corrected chi connectivity index (χ0v) is 13.6. The number of amides is 1. The summed E-state index contributed by atoms with van der Waals surface area (Å²) in [4.78, 5) is 15.1. The molecule has 6 nitrogen and oxygen atoms in total. The van der Waals surface area contributed by atoms with E-state index in [9.17, 15) is 9.90 Å². The fourth-order valence-electron chi connectivity index (χ4n) is 3.02. The molecule has 0 saturated heterocycles. The maximum Gasteiger partial charge on any atom is 0.255 e. The topological polar surface area (TPSA) is 98.1 Å². The van der Waals surface area contributed by atoms with Crippen molar-refractivity contribution in [3.8, 4) is 5.75 Å². The number of phenolic OH excluding ortho intramolecular Hbond substituents is 1. The molecule has 1 aromatic carbocycles. The highest BCUT2D eigenvalue weighted by atomic mass is 16.3. The molecule has 0 aromatic heterocycles. The van der Waals surface area contributed by atoms with Crippen molar-refractivity contribution in [1.29, 1.82) is 0 Å². The number of benzene rings is 1. The quantitative estimate of drug-likeness (QED) is 0.478. The average molecular weight is 322 g/mol. The van der Waals surface area contributed by atoms with E-state index in [4.69, 9.17) is 9.64 Å². The van der Waals surface area contributed by atoms with Gasteiger partial charge in [0.1, 0.15) is 5.75 Å². The minimum Gasteiger partial charge on any atom is -0.507 e. The number of carbonyl (C=O) groups excluding carboxylic acids is 1. The number of nitrogens with zero attached hydrogens (tertiary/aromatic N) is 3. The Balaban J connectivity index is 2.18. The second-order valence-electron chi connectivity index (χ2n) is 6.92. The molecule has 2 rings (SSSR count). The van der Waals surface area contributed by atoms with Gasteiger partial charge in [-0.05, 0) is 53.8 Å². The van der Waals surface area contributed by atoms with Gasteiger partial charge in [0.2, 0.25) is 0 Å². The maximum absolute atomic E-state index is 12.5. The number of aromatic hydroxyl groups is 1. The first-order chi connectivity index (χ1) is 12.0. The Bertz CT molecular complexity index is 752. The lowest BCUT2D eigenvalue weighted by Crippen LogP contribution is -2.41. The monoisotopic (exact) mass is 322 g/mol. The Labute approximate surface area is 140 Å². The minimum absolute atomic E-state index is 0.0177. The van der Waals surface area contributed by atoms with Gasteiger partial charge in [0, 0.05) is 21.3 Å². The molecule has 0 spiro atoms. The van der Waals surface area contributed by atoms with E-state index in [2.05, 4.69) is 15.3 Å². The fraction of sp³-hybridized carbons (Fsp3) is 0.588. The summed E-state index contributed by atoms with van der Waals surface area (Å²) in [6.07, 6.45) is -1.79. The predicted molar refractivity (Wildman–Crippen MR) is 89.6 cm³/mol. The van der Waals surface area contributed by atoms with E-state index in [1.807, 2.05) is 20.8 Å². The first kappa shape index (κ1) is 13.3. The molecule has 1 aliphatic carbocycles. The van der Waals surface area contributed by atoms with Crippen LogP contribution in [0.2, 0.25) is 0 Å². The Kier molecular flexibility index (Phi) is 3.75. The number of phenols is 1. The van der Waals surface area contributed by atoms with Crippen molar-refractivity contribution in [2.75, 3.05) is 6.54 Å². The Morgan fingerprint density at radius 3 is 2.91 bits per heavy atom. The van der Waals surface area contributed by atoms with Gasteiger partial charge in [-0.25, -0.2) is 0 Å². The minimum atomic E-state index is -0.859. The molecule has 1 aromatic rings. The van der Waals surface area contributed by atoms with Crippen molar-refractivity contribution in [3.05, 3.63) is 34.2 Å². The summed E-state index contributed by atoms with van der Waals surface area (Å²) in [7, 11) is 0. The largest absolute Gasteiger partial charge is 0.507 e. The Morgan fingerprint density at radius 2 is 2.22 bits per heavy atom. The molecule has 124 valence electrons. The van der Waals surface area contributed by atoms with Crippen molar-refractivity contribution >= 4 is 11.6 Å². The Morgan fingerprint density at radius 1 is 1.48 bits per heavy atom. The highest BCUT2D eigenvalue weighted by molar-refractivity contribution is 5.97. The molecule has 0 bridgehead atoms. The van der Waals surface area contributed by atoms with Crippen LogP contribution in [-0.2, 0) is 0 Å². The van der Waals surface area contributed by atoms with Crippen molar-refractivity contribution < 1.29 is 14.0 Å². The van der Waals surface area contributed by atoms with E-state index in [1.165, 1.54) is 18.2 Å². The molecule has 23 heavy (non-hydrogen) atoms. The first-order valence-corrected chi connectivity index (χ1v) is 7.45. The molecule has 0 heterocycles. The van der Waals surface area contributed by atoms with E-state index in [0.29, 0.717) is 6.42 Å². The van der Waals surface area contributed by atoms with E-state index in [0.717, 1.165) is 0 Å². The zero-order valence-electron chi connectivity index (χ0n) is 16.6. The summed E-state index contributed by atoms with van der Waals surface area (Å²) < 4.78 is 24.7. The molecular formula is C17H24N4O2. The van der Waals surface area contributed by atoms with Crippen LogP contribution in [0.3, 0.4) is 0 Å². The van der Waals surface area contributed by atoms with Gasteiger partial charge in [0.25, 0.3) is 5.91 Å². The SMILES string of the molecule is [3H]C1C([3H])C(C)(C)CC(C)(CNC(=O)c2cc(N=[N+]=[N-])ccc2O)C1[3H]. The molecule has 1 amide bonds. The molecule has 4 unspecified atom stereocenters. The normalized spacial score (nSPS) is 34.4. The second kappa shape index (κ2) is 6.50. The van der Waals surface area contributed by atoms with Crippen molar-refractivity contribution in [2.45, 2.75) is 46.4 Å². The van der Waals surface area contributed by atoms with Gasteiger partial charge in [-0.15, -0.1) is 0 Å².